The van der Waals surface area contributed by atoms with Gasteiger partial charge in [-0.2, -0.15) is 0 Å². The fourth-order valence-electron chi connectivity index (χ4n) is 5.21. The normalized spacial score (nSPS) is 43.3. The SMILES string of the molecule is C=CCC1(O)CCCC2C(C)C(NCCCC)CC(C)C21. The van der Waals surface area contributed by atoms with Crippen LogP contribution in [0.5, 0.6) is 0 Å². The molecule has 2 fully saturated rings. The summed E-state index contributed by atoms with van der Waals surface area (Å²) in [6, 6.07) is 0.638. The number of hydrogen-bond acceptors (Lipinski definition) is 2. The van der Waals surface area contributed by atoms with Gasteiger partial charge in [0.1, 0.15) is 0 Å². The molecule has 0 aliphatic heterocycles. The van der Waals surface area contributed by atoms with Crippen LogP contribution in [0.3, 0.4) is 0 Å². The lowest BCUT2D eigenvalue weighted by molar-refractivity contribution is -0.126. The van der Waals surface area contributed by atoms with E-state index in [1.165, 1.54) is 32.1 Å². The van der Waals surface area contributed by atoms with Crippen molar-refractivity contribution < 1.29 is 5.11 Å². The van der Waals surface area contributed by atoms with Gasteiger partial charge in [-0.25, -0.2) is 0 Å². The van der Waals surface area contributed by atoms with Gasteiger partial charge < -0.3 is 10.4 Å². The summed E-state index contributed by atoms with van der Waals surface area (Å²) in [5.74, 6) is 2.42. The number of fused-ring (bicyclic) bond motifs is 1. The first-order valence-electron chi connectivity index (χ1n) is 9.10. The van der Waals surface area contributed by atoms with Gasteiger partial charge in [-0.3, -0.25) is 0 Å². The monoisotopic (exact) mass is 293 g/mol. The molecule has 6 unspecified atom stereocenters. The fourth-order valence-corrected chi connectivity index (χ4v) is 5.21. The molecule has 2 heteroatoms. The standard InChI is InChI=1S/C19H35NO/c1-5-7-12-20-17-13-14(3)18-16(15(17)4)9-8-11-19(18,21)10-6-2/h6,14-18,20-21H,2,5,7-13H2,1,3-4H3. The molecule has 2 rings (SSSR count). The molecular weight excluding hydrogens is 258 g/mol. The molecule has 6 atom stereocenters. The quantitative estimate of drug-likeness (QED) is 0.570. The maximum atomic E-state index is 11.2. The first-order chi connectivity index (χ1) is 10.0. The van der Waals surface area contributed by atoms with Crippen molar-refractivity contribution in [3.63, 3.8) is 0 Å². The summed E-state index contributed by atoms with van der Waals surface area (Å²) in [6.07, 6.45) is 9.86. The molecule has 0 bridgehead atoms. The number of nitrogens with one attached hydrogen (secondary N) is 1. The molecule has 2 saturated carbocycles. The van der Waals surface area contributed by atoms with Crippen LogP contribution in [-0.4, -0.2) is 23.3 Å². The van der Waals surface area contributed by atoms with E-state index in [2.05, 4.69) is 32.7 Å². The molecule has 0 heterocycles. The fraction of sp³-hybridized carbons (Fsp3) is 0.895. The van der Waals surface area contributed by atoms with Gasteiger partial charge in [-0.1, -0.05) is 39.7 Å². The van der Waals surface area contributed by atoms with Crippen LogP contribution in [0.15, 0.2) is 12.7 Å². The van der Waals surface area contributed by atoms with Crippen molar-refractivity contribution in [3.8, 4) is 0 Å². The van der Waals surface area contributed by atoms with Gasteiger partial charge in [-0.05, 0) is 62.3 Å². The summed E-state index contributed by atoms with van der Waals surface area (Å²) in [7, 11) is 0. The van der Waals surface area contributed by atoms with Crippen molar-refractivity contribution in [1.29, 1.82) is 0 Å². The number of hydrogen-bond donors (Lipinski definition) is 2. The van der Waals surface area contributed by atoms with Crippen molar-refractivity contribution in [2.24, 2.45) is 23.7 Å². The zero-order valence-corrected chi connectivity index (χ0v) is 14.3. The highest BCUT2D eigenvalue weighted by Crippen LogP contribution is 2.52. The predicted molar refractivity (Wildman–Crippen MR) is 90.2 cm³/mol. The van der Waals surface area contributed by atoms with Crippen LogP contribution in [0, 0.1) is 23.7 Å². The zero-order chi connectivity index (χ0) is 15.5. The van der Waals surface area contributed by atoms with E-state index in [0.29, 0.717) is 29.7 Å². The number of unbranched alkanes of at least 4 members (excludes halogenated alkanes) is 1. The predicted octanol–water partition coefficient (Wildman–Crippen LogP) is 4.14. The van der Waals surface area contributed by atoms with Crippen molar-refractivity contribution in [3.05, 3.63) is 12.7 Å². The molecule has 0 spiro atoms. The molecule has 0 aromatic rings. The second-order valence-electron chi connectivity index (χ2n) is 7.66. The van der Waals surface area contributed by atoms with Gasteiger partial charge in [0.2, 0.25) is 0 Å². The largest absolute Gasteiger partial charge is 0.389 e. The lowest BCUT2D eigenvalue weighted by Gasteiger charge is -2.55. The van der Waals surface area contributed by atoms with Crippen molar-refractivity contribution in [2.75, 3.05) is 6.54 Å². The van der Waals surface area contributed by atoms with Gasteiger partial charge >= 0.3 is 0 Å². The minimum atomic E-state index is -0.493. The Bertz CT molecular complexity index is 342. The Morgan fingerprint density at radius 2 is 2.14 bits per heavy atom. The molecule has 0 saturated heterocycles. The second kappa shape index (κ2) is 7.28. The van der Waals surface area contributed by atoms with Crippen LogP contribution >= 0.6 is 0 Å². The van der Waals surface area contributed by atoms with Gasteiger partial charge in [0.05, 0.1) is 5.60 Å². The lowest BCUT2D eigenvalue weighted by atomic mass is 9.54. The Morgan fingerprint density at radius 1 is 1.38 bits per heavy atom. The van der Waals surface area contributed by atoms with Crippen LogP contribution in [0.25, 0.3) is 0 Å². The highest BCUT2D eigenvalue weighted by molar-refractivity contribution is 5.05. The molecule has 0 aromatic carbocycles. The van der Waals surface area contributed by atoms with Crippen LogP contribution in [-0.2, 0) is 0 Å². The third-order valence-corrected chi connectivity index (χ3v) is 6.21. The zero-order valence-electron chi connectivity index (χ0n) is 14.3. The molecule has 2 aliphatic carbocycles. The van der Waals surface area contributed by atoms with E-state index >= 15 is 0 Å². The third-order valence-electron chi connectivity index (χ3n) is 6.21. The molecule has 0 amide bonds. The summed E-state index contributed by atoms with van der Waals surface area (Å²) >= 11 is 0. The van der Waals surface area contributed by atoms with Crippen LogP contribution < -0.4 is 5.32 Å². The summed E-state index contributed by atoms with van der Waals surface area (Å²) in [6.45, 7) is 12.0. The maximum Gasteiger partial charge on any atom is 0.0715 e. The molecule has 2 N–H and O–H groups in total. The molecule has 21 heavy (non-hydrogen) atoms. The van der Waals surface area contributed by atoms with Gasteiger partial charge in [0.25, 0.3) is 0 Å². The number of rotatable bonds is 6. The topological polar surface area (TPSA) is 32.3 Å². The van der Waals surface area contributed by atoms with Crippen molar-refractivity contribution in [1.82, 2.24) is 5.32 Å². The highest BCUT2D eigenvalue weighted by atomic mass is 16.3. The van der Waals surface area contributed by atoms with Crippen molar-refractivity contribution in [2.45, 2.75) is 77.4 Å². The molecule has 0 aromatic heterocycles. The first kappa shape index (κ1) is 17.0. The Hall–Kier alpha value is -0.340. The van der Waals surface area contributed by atoms with Gasteiger partial charge in [-0.15, -0.1) is 6.58 Å². The van der Waals surface area contributed by atoms with E-state index in [0.717, 1.165) is 19.4 Å². The van der Waals surface area contributed by atoms with Gasteiger partial charge in [0, 0.05) is 6.04 Å². The first-order valence-corrected chi connectivity index (χ1v) is 9.10. The molecular formula is C19H35NO. The number of aliphatic hydroxyl groups is 1. The Kier molecular flexibility index (Phi) is 5.90. The molecule has 2 aliphatic rings. The molecule has 0 radical (unpaired) electrons. The summed E-state index contributed by atoms with van der Waals surface area (Å²) < 4.78 is 0. The Morgan fingerprint density at radius 3 is 2.81 bits per heavy atom. The summed E-state index contributed by atoms with van der Waals surface area (Å²) in [5, 5.41) is 15.0. The van der Waals surface area contributed by atoms with Crippen LogP contribution in [0.4, 0.5) is 0 Å². The Balaban J connectivity index is 2.09. The third kappa shape index (κ3) is 3.53. The van der Waals surface area contributed by atoms with E-state index in [1.54, 1.807) is 0 Å². The van der Waals surface area contributed by atoms with E-state index in [1.807, 2.05) is 6.08 Å². The molecule has 2 nitrogen and oxygen atoms in total. The summed E-state index contributed by atoms with van der Waals surface area (Å²) in [4.78, 5) is 0. The van der Waals surface area contributed by atoms with Crippen LogP contribution in [0.1, 0.15) is 65.7 Å². The maximum absolute atomic E-state index is 11.2. The van der Waals surface area contributed by atoms with Gasteiger partial charge in [0.15, 0.2) is 0 Å². The van der Waals surface area contributed by atoms with E-state index in [9.17, 15) is 5.11 Å². The highest BCUT2D eigenvalue weighted by Gasteiger charge is 2.51. The average Bonchev–Trinajstić information content (AvgIpc) is 2.44. The van der Waals surface area contributed by atoms with E-state index in [4.69, 9.17) is 0 Å². The minimum absolute atomic E-state index is 0.462. The summed E-state index contributed by atoms with van der Waals surface area (Å²) in [5.41, 5.74) is -0.493. The van der Waals surface area contributed by atoms with E-state index in [-0.39, 0.29) is 0 Å². The smallest absolute Gasteiger partial charge is 0.0715 e. The lowest BCUT2D eigenvalue weighted by Crippen LogP contribution is -2.57. The van der Waals surface area contributed by atoms with Crippen LogP contribution in [0.2, 0.25) is 0 Å². The van der Waals surface area contributed by atoms with Crippen molar-refractivity contribution >= 4 is 0 Å². The second-order valence-corrected chi connectivity index (χ2v) is 7.66. The average molecular weight is 293 g/mol. The minimum Gasteiger partial charge on any atom is -0.389 e. The van der Waals surface area contributed by atoms with E-state index < -0.39 is 5.60 Å². The Labute approximate surface area is 131 Å². The molecule has 122 valence electrons.